The first-order valence-corrected chi connectivity index (χ1v) is 6.54. The summed E-state index contributed by atoms with van der Waals surface area (Å²) in [6.45, 7) is 10.5. The molecule has 0 saturated heterocycles. The molecule has 0 unspecified atom stereocenters. The van der Waals surface area contributed by atoms with Crippen LogP contribution in [0.2, 0.25) is 0 Å². The number of rotatable bonds is 7. The quantitative estimate of drug-likeness (QED) is 0.740. The van der Waals surface area contributed by atoms with Gasteiger partial charge in [-0.3, -0.25) is 9.59 Å². The van der Waals surface area contributed by atoms with Crippen LogP contribution in [0.5, 0.6) is 0 Å². The third kappa shape index (κ3) is 5.71. The smallest absolute Gasteiger partial charge is 0.239 e. The molecule has 0 aromatic carbocycles. The standard InChI is InChI=1S/C13H26N2O2/c1-6-11(7-2)13(17)15(8-3)9-12(16)14-10(4)5/h10-11H,6-9H2,1-5H3,(H,14,16). The van der Waals surface area contributed by atoms with Gasteiger partial charge in [0.15, 0.2) is 0 Å². The van der Waals surface area contributed by atoms with Crippen LogP contribution in [0.4, 0.5) is 0 Å². The van der Waals surface area contributed by atoms with E-state index in [0.717, 1.165) is 12.8 Å². The number of carbonyl (C=O) groups excluding carboxylic acids is 2. The number of nitrogens with one attached hydrogen (secondary N) is 1. The predicted molar refractivity (Wildman–Crippen MR) is 69.6 cm³/mol. The normalized spacial score (nSPS) is 10.8. The third-order valence-electron chi connectivity index (χ3n) is 2.81. The monoisotopic (exact) mass is 242 g/mol. The molecule has 0 aliphatic heterocycles. The first kappa shape index (κ1) is 15.9. The van der Waals surface area contributed by atoms with Crippen molar-refractivity contribution >= 4 is 11.8 Å². The molecule has 0 aromatic heterocycles. The highest BCUT2D eigenvalue weighted by molar-refractivity contribution is 5.85. The van der Waals surface area contributed by atoms with Gasteiger partial charge in [0, 0.05) is 18.5 Å². The maximum atomic E-state index is 12.1. The summed E-state index contributed by atoms with van der Waals surface area (Å²) in [4.78, 5) is 25.4. The van der Waals surface area contributed by atoms with Gasteiger partial charge < -0.3 is 10.2 Å². The molecule has 4 heteroatoms. The number of amides is 2. The molecule has 0 aliphatic rings. The summed E-state index contributed by atoms with van der Waals surface area (Å²) in [5, 5.41) is 2.80. The Morgan fingerprint density at radius 1 is 1.12 bits per heavy atom. The first-order chi connectivity index (χ1) is 7.96. The van der Waals surface area contributed by atoms with Gasteiger partial charge in [0.2, 0.25) is 11.8 Å². The van der Waals surface area contributed by atoms with Crippen LogP contribution in [0.3, 0.4) is 0 Å². The van der Waals surface area contributed by atoms with Gasteiger partial charge in [-0.05, 0) is 33.6 Å². The lowest BCUT2D eigenvalue weighted by atomic mass is 10.0. The van der Waals surface area contributed by atoms with Crippen molar-refractivity contribution in [3.05, 3.63) is 0 Å². The van der Waals surface area contributed by atoms with Crippen molar-refractivity contribution in [2.45, 2.75) is 53.5 Å². The van der Waals surface area contributed by atoms with Crippen LogP contribution >= 0.6 is 0 Å². The minimum Gasteiger partial charge on any atom is -0.352 e. The second kappa shape index (κ2) is 8.09. The van der Waals surface area contributed by atoms with Crippen molar-refractivity contribution in [3.8, 4) is 0 Å². The molecular weight excluding hydrogens is 216 g/mol. The molecule has 2 amide bonds. The molecule has 0 aromatic rings. The minimum atomic E-state index is -0.0823. The number of hydrogen-bond acceptors (Lipinski definition) is 2. The van der Waals surface area contributed by atoms with Crippen molar-refractivity contribution in [1.29, 1.82) is 0 Å². The summed E-state index contributed by atoms with van der Waals surface area (Å²) < 4.78 is 0. The van der Waals surface area contributed by atoms with E-state index in [-0.39, 0.29) is 30.3 Å². The Bertz CT molecular complexity index is 248. The summed E-state index contributed by atoms with van der Waals surface area (Å²) in [6, 6.07) is 0.115. The van der Waals surface area contributed by atoms with Gasteiger partial charge in [-0.1, -0.05) is 13.8 Å². The van der Waals surface area contributed by atoms with E-state index in [4.69, 9.17) is 0 Å². The fraction of sp³-hybridized carbons (Fsp3) is 0.846. The molecule has 0 atom stereocenters. The van der Waals surface area contributed by atoms with E-state index in [2.05, 4.69) is 5.32 Å². The Morgan fingerprint density at radius 3 is 2.00 bits per heavy atom. The molecule has 100 valence electrons. The SMILES string of the molecule is CCC(CC)C(=O)N(CC)CC(=O)NC(C)C. The lowest BCUT2D eigenvalue weighted by molar-refractivity contribution is -0.139. The molecule has 0 radical (unpaired) electrons. The van der Waals surface area contributed by atoms with Crippen molar-refractivity contribution < 1.29 is 9.59 Å². The largest absolute Gasteiger partial charge is 0.352 e. The van der Waals surface area contributed by atoms with Crippen molar-refractivity contribution in [1.82, 2.24) is 10.2 Å². The molecule has 0 heterocycles. The van der Waals surface area contributed by atoms with Gasteiger partial charge in [0.05, 0.1) is 6.54 Å². The van der Waals surface area contributed by atoms with E-state index >= 15 is 0 Å². The van der Waals surface area contributed by atoms with Crippen molar-refractivity contribution in [3.63, 3.8) is 0 Å². The first-order valence-electron chi connectivity index (χ1n) is 6.54. The lowest BCUT2D eigenvalue weighted by Gasteiger charge is -2.25. The average molecular weight is 242 g/mol. The topological polar surface area (TPSA) is 49.4 Å². The molecule has 17 heavy (non-hydrogen) atoms. The average Bonchev–Trinajstić information content (AvgIpc) is 2.26. The van der Waals surface area contributed by atoms with Gasteiger partial charge in [-0.2, -0.15) is 0 Å². The number of likely N-dealkylation sites (N-methyl/N-ethyl adjacent to an activating group) is 1. The Morgan fingerprint density at radius 2 is 1.65 bits per heavy atom. The third-order valence-corrected chi connectivity index (χ3v) is 2.81. The Kier molecular flexibility index (Phi) is 7.59. The van der Waals surface area contributed by atoms with Crippen LogP contribution < -0.4 is 5.32 Å². The molecule has 0 rings (SSSR count). The zero-order valence-corrected chi connectivity index (χ0v) is 11.7. The van der Waals surface area contributed by atoms with Crippen LogP contribution in [0, 0.1) is 5.92 Å². The Balaban J connectivity index is 4.41. The number of hydrogen-bond donors (Lipinski definition) is 1. The molecule has 1 N–H and O–H groups in total. The van der Waals surface area contributed by atoms with Crippen molar-refractivity contribution in [2.75, 3.05) is 13.1 Å². The highest BCUT2D eigenvalue weighted by Crippen LogP contribution is 2.11. The van der Waals surface area contributed by atoms with Gasteiger partial charge >= 0.3 is 0 Å². The Hall–Kier alpha value is -1.06. The molecule has 0 aliphatic carbocycles. The lowest BCUT2D eigenvalue weighted by Crippen LogP contribution is -2.44. The van der Waals surface area contributed by atoms with Crippen LogP contribution in [-0.4, -0.2) is 35.8 Å². The second-order valence-corrected chi connectivity index (χ2v) is 4.59. The maximum Gasteiger partial charge on any atom is 0.239 e. The molecule has 0 bridgehead atoms. The summed E-state index contributed by atoms with van der Waals surface area (Å²) in [5.41, 5.74) is 0. The van der Waals surface area contributed by atoms with E-state index in [0.29, 0.717) is 6.54 Å². The highest BCUT2D eigenvalue weighted by atomic mass is 16.2. The molecule has 4 nitrogen and oxygen atoms in total. The molecule has 0 fully saturated rings. The highest BCUT2D eigenvalue weighted by Gasteiger charge is 2.22. The van der Waals surface area contributed by atoms with E-state index in [9.17, 15) is 9.59 Å². The van der Waals surface area contributed by atoms with Gasteiger partial charge in [-0.25, -0.2) is 0 Å². The van der Waals surface area contributed by atoms with Crippen molar-refractivity contribution in [2.24, 2.45) is 5.92 Å². The second-order valence-electron chi connectivity index (χ2n) is 4.59. The fourth-order valence-electron chi connectivity index (χ4n) is 1.78. The molecular formula is C13H26N2O2. The number of nitrogens with zero attached hydrogens (tertiary/aromatic N) is 1. The predicted octanol–water partition coefficient (Wildman–Crippen LogP) is 1.80. The summed E-state index contributed by atoms with van der Waals surface area (Å²) in [6.07, 6.45) is 1.66. The van der Waals surface area contributed by atoms with E-state index in [1.165, 1.54) is 0 Å². The summed E-state index contributed by atoms with van der Waals surface area (Å²) >= 11 is 0. The fourth-order valence-corrected chi connectivity index (χ4v) is 1.78. The zero-order valence-electron chi connectivity index (χ0n) is 11.7. The maximum absolute atomic E-state index is 12.1. The van der Waals surface area contributed by atoms with Crippen LogP contribution in [0.25, 0.3) is 0 Å². The minimum absolute atomic E-state index is 0.0433. The van der Waals surface area contributed by atoms with Gasteiger partial charge in [-0.15, -0.1) is 0 Å². The molecule has 0 spiro atoms. The van der Waals surface area contributed by atoms with E-state index in [1.54, 1.807) is 4.90 Å². The zero-order chi connectivity index (χ0) is 13.4. The van der Waals surface area contributed by atoms with E-state index in [1.807, 2.05) is 34.6 Å². The van der Waals surface area contributed by atoms with Gasteiger partial charge in [0.25, 0.3) is 0 Å². The Labute approximate surface area is 105 Å². The van der Waals surface area contributed by atoms with Crippen LogP contribution in [0.15, 0.2) is 0 Å². The van der Waals surface area contributed by atoms with Crippen LogP contribution in [-0.2, 0) is 9.59 Å². The summed E-state index contributed by atoms with van der Waals surface area (Å²) in [5.74, 6) is 0.0550. The van der Waals surface area contributed by atoms with E-state index < -0.39 is 0 Å². The summed E-state index contributed by atoms with van der Waals surface area (Å²) in [7, 11) is 0. The number of carbonyl (C=O) groups is 2. The molecule has 0 saturated carbocycles. The van der Waals surface area contributed by atoms with Crippen LogP contribution in [0.1, 0.15) is 47.5 Å². The van der Waals surface area contributed by atoms with Gasteiger partial charge in [0.1, 0.15) is 0 Å².